The first kappa shape index (κ1) is 35.6. The summed E-state index contributed by atoms with van der Waals surface area (Å²) in [5.41, 5.74) is 2.07. The van der Waals surface area contributed by atoms with Gasteiger partial charge in [0.15, 0.2) is 0 Å². The first-order valence-corrected chi connectivity index (χ1v) is 11.0. The number of hydrogen-bond donors (Lipinski definition) is 0. The van der Waals surface area contributed by atoms with E-state index in [1.807, 2.05) is 52.8 Å². The van der Waals surface area contributed by atoms with Crippen LogP contribution in [0.5, 0.6) is 0 Å². The van der Waals surface area contributed by atoms with Crippen LogP contribution in [-0.2, 0) is 4.79 Å². The summed E-state index contributed by atoms with van der Waals surface area (Å²) in [5, 5.41) is 7.67. The predicted molar refractivity (Wildman–Crippen MR) is 135 cm³/mol. The van der Waals surface area contributed by atoms with E-state index in [0.717, 1.165) is 17.6 Å². The zero-order chi connectivity index (χ0) is 24.1. The molecule has 3 nitrogen and oxygen atoms in total. The fraction of sp³-hybridized carbons (Fsp3) is 0.444. The summed E-state index contributed by atoms with van der Waals surface area (Å²) >= 11 is 0. The Balaban J connectivity index is -0.00000159. The Labute approximate surface area is 238 Å². The van der Waals surface area contributed by atoms with E-state index in [0.29, 0.717) is 24.8 Å². The van der Waals surface area contributed by atoms with Gasteiger partial charge in [0, 0.05) is 5.92 Å². The summed E-state index contributed by atoms with van der Waals surface area (Å²) in [4.78, 5) is 11.9. The summed E-state index contributed by atoms with van der Waals surface area (Å²) in [6.07, 6.45) is 19.3. The van der Waals surface area contributed by atoms with Crippen LogP contribution >= 0.6 is 0 Å². The maximum Gasteiger partial charge on any atom is 1.00 e. The van der Waals surface area contributed by atoms with Crippen molar-refractivity contribution in [1.82, 2.24) is 0 Å². The molecule has 0 aliphatic heterocycles. The maximum absolute atomic E-state index is 13.7. The van der Waals surface area contributed by atoms with E-state index in [4.69, 9.17) is 0 Å². The zero-order valence-corrected chi connectivity index (χ0v) is 24.2. The molecule has 5 heteroatoms. The molecular formula is C27H39FKN2O-. The number of carbonyl (C=O) groups is 1. The minimum Gasteiger partial charge on any atom is -0.389 e. The number of rotatable bonds is 11. The van der Waals surface area contributed by atoms with Gasteiger partial charge in [-0.1, -0.05) is 59.8 Å². The fourth-order valence-electron chi connectivity index (χ4n) is 2.56. The van der Waals surface area contributed by atoms with Crippen molar-refractivity contribution in [1.29, 1.82) is 0 Å². The van der Waals surface area contributed by atoms with Crippen LogP contribution in [0.3, 0.4) is 0 Å². The molecule has 1 aliphatic carbocycles. The van der Waals surface area contributed by atoms with Crippen molar-refractivity contribution in [3.8, 4) is 0 Å². The molecule has 0 N–H and O–H groups in total. The number of unbranched alkanes of at least 4 members (excludes halogenated alkanes) is 1. The molecule has 0 amide bonds. The van der Waals surface area contributed by atoms with Crippen molar-refractivity contribution in [2.45, 2.75) is 73.4 Å². The standard InChI is InChI=1S/C23H27FN2O.2C2H6.K/c1-5-9-20(10-6-2)17-26-25-14-8-7-11-22(19(4)27)15-21-13-12-18(3)23(24)16-21;2*1-2;/h5-6,9-10,12-13,16,22-23H,1,3,7-8,11,15H2,2,4H3;2*1-2H3;/q-2;;;+1/b10-6-,20-9+;;;. The molecule has 172 valence electrons. The van der Waals surface area contributed by atoms with Gasteiger partial charge in [-0.05, 0) is 43.2 Å². The van der Waals surface area contributed by atoms with Crippen LogP contribution in [0.4, 0.5) is 4.39 Å². The molecule has 1 rings (SSSR count). The quantitative estimate of drug-likeness (QED) is 0.109. The van der Waals surface area contributed by atoms with Gasteiger partial charge in [0.25, 0.3) is 0 Å². The summed E-state index contributed by atoms with van der Waals surface area (Å²) in [5.74, 6) is -0.0221. The Morgan fingerprint density at radius 2 is 1.91 bits per heavy atom. The third-order valence-corrected chi connectivity index (χ3v) is 4.07. The van der Waals surface area contributed by atoms with Crippen molar-refractivity contribution in [3.05, 3.63) is 72.4 Å². The van der Waals surface area contributed by atoms with Crippen LogP contribution in [0.25, 0.3) is 0 Å². The fourth-order valence-corrected chi connectivity index (χ4v) is 2.56. The Hall–Kier alpha value is -0.984. The topological polar surface area (TPSA) is 41.8 Å². The van der Waals surface area contributed by atoms with Crippen LogP contribution in [0.1, 0.15) is 67.2 Å². The van der Waals surface area contributed by atoms with Gasteiger partial charge in [0.05, 0.1) is 0 Å². The molecular weight excluding hydrogens is 426 g/mol. The van der Waals surface area contributed by atoms with E-state index < -0.39 is 6.17 Å². The smallest absolute Gasteiger partial charge is 0.389 e. The van der Waals surface area contributed by atoms with Gasteiger partial charge in [-0.2, -0.15) is 24.1 Å². The largest absolute Gasteiger partial charge is 1.00 e. The minimum absolute atomic E-state index is 0. The Morgan fingerprint density at radius 3 is 2.44 bits per heavy atom. The average Bonchev–Trinajstić information content (AvgIpc) is 2.77. The van der Waals surface area contributed by atoms with E-state index >= 15 is 0 Å². The van der Waals surface area contributed by atoms with Gasteiger partial charge in [-0.15, -0.1) is 18.7 Å². The SMILES string of the molecule is C=C/C=C([C-]=NN=[C-]CCCC(CC1=CC(F)C(=C)C=C1)C(C)=O)\C=C/C.CC.CC.[K+]. The number of alkyl halides is 1. The molecule has 0 aromatic heterocycles. The average molecular weight is 466 g/mol. The molecule has 0 heterocycles. The Morgan fingerprint density at radius 1 is 1.25 bits per heavy atom. The molecule has 2 atom stereocenters. The maximum atomic E-state index is 13.7. The Kier molecular flexibility index (Phi) is 27.4. The molecule has 2 unspecified atom stereocenters. The monoisotopic (exact) mass is 465 g/mol. The molecule has 32 heavy (non-hydrogen) atoms. The second kappa shape index (κ2) is 24.7. The Bertz CT molecular complexity index is 715. The van der Waals surface area contributed by atoms with E-state index in [1.165, 1.54) is 6.08 Å². The number of carbonyl (C=O) groups excluding carboxylic acids is 1. The van der Waals surface area contributed by atoms with Crippen molar-refractivity contribution in [2.75, 3.05) is 0 Å². The van der Waals surface area contributed by atoms with E-state index in [1.54, 1.807) is 25.2 Å². The first-order valence-electron chi connectivity index (χ1n) is 11.0. The molecule has 0 saturated heterocycles. The summed E-state index contributed by atoms with van der Waals surface area (Å²) in [6, 6.07) is 0. The number of halogens is 1. The van der Waals surface area contributed by atoms with E-state index in [9.17, 15) is 9.18 Å². The number of allylic oxidation sites excluding steroid dienone is 10. The summed E-state index contributed by atoms with van der Waals surface area (Å²) in [6.45, 7) is 18.8. The number of ketones is 1. The molecule has 0 saturated carbocycles. The van der Waals surface area contributed by atoms with Crippen molar-refractivity contribution in [2.24, 2.45) is 16.1 Å². The van der Waals surface area contributed by atoms with Gasteiger partial charge in [-0.25, -0.2) is 4.39 Å². The molecule has 0 aromatic carbocycles. The summed E-state index contributed by atoms with van der Waals surface area (Å²) < 4.78 is 13.7. The van der Waals surface area contributed by atoms with Gasteiger partial charge in [0.2, 0.25) is 0 Å². The van der Waals surface area contributed by atoms with Gasteiger partial charge >= 0.3 is 51.4 Å². The molecule has 1 aliphatic rings. The third-order valence-electron chi connectivity index (χ3n) is 4.07. The normalized spacial score (nSPS) is 16.6. The van der Waals surface area contributed by atoms with Crippen molar-refractivity contribution < 1.29 is 60.6 Å². The van der Waals surface area contributed by atoms with Gasteiger partial charge in [-0.3, -0.25) is 9.90 Å². The first-order chi connectivity index (χ1) is 15.0. The minimum atomic E-state index is -1.16. The molecule has 0 radical (unpaired) electrons. The van der Waals surface area contributed by atoms with Crippen LogP contribution in [-0.4, -0.2) is 24.4 Å². The van der Waals surface area contributed by atoms with E-state index in [2.05, 4.69) is 35.8 Å². The summed E-state index contributed by atoms with van der Waals surface area (Å²) in [7, 11) is 0. The molecule has 0 aromatic rings. The molecule has 0 fully saturated rings. The van der Waals surface area contributed by atoms with Crippen molar-refractivity contribution in [3.63, 3.8) is 0 Å². The predicted octanol–water partition coefficient (Wildman–Crippen LogP) is 4.70. The van der Waals surface area contributed by atoms with Gasteiger partial charge < -0.3 is 11.3 Å². The molecule has 0 spiro atoms. The van der Waals surface area contributed by atoms with Crippen molar-refractivity contribution >= 4 is 18.2 Å². The van der Waals surface area contributed by atoms with Gasteiger partial charge in [0.1, 0.15) is 12.0 Å². The number of hydrogen-bond acceptors (Lipinski definition) is 3. The molecule has 0 bridgehead atoms. The van der Waals surface area contributed by atoms with Crippen LogP contribution in [0.15, 0.2) is 82.6 Å². The zero-order valence-electron chi connectivity index (χ0n) is 21.1. The second-order valence-corrected chi connectivity index (χ2v) is 6.28. The van der Waals surface area contributed by atoms with Crippen LogP contribution in [0.2, 0.25) is 0 Å². The third kappa shape index (κ3) is 17.6. The van der Waals surface area contributed by atoms with E-state index in [-0.39, 0.29) is 63.1 Å². The number of Topliss-reactive ketones (excluding diaryl/α,β-unsaturated/α-hetero) is 1. The van der Waals surface area contributed by atoms with Crippen LogP contribution in [0, 0.1) is 5.92 Å². The second-order valence-electron chi connectivity index (χ2n) is 6.28. The van der Waals surface area contributed by atoms with Crippen LogP contribution < -0.4 is 51.4 Å². The number of nitrogens with zero attached hydrogens (tertiary/aromatic N) is 2.